The van der Waals surface area contributed by atoms with Gasteiger partial charge in [0.25, 0.3) is 5.91 Å². The van der Waals surface area contributed by atoms with Crippen molar-refractivity contribution in [2.75, 3.05) is 26.5 Å². The Bertz CT molecular complexity index is 1100. The van der Waals surface area contributed by atoms with Crippen molar-refractivity contribution in [2.45, 2.75) is 32.4 Å². The number of fused-ring (bicyclic) bond motifs is 1. The predicted octanol–water partition coefficient (Wildman–Crippen LogP) is 1.13. The summed E-state index contributed by atoms with van der Waals surface area (Å²) in [6.07, 6.45) is 2.11. The summed E-state index contributed by atoms with van der Waals surface area (Å²) in [4.78, 5) is 29.2. The summed E-state index contributed by atoms with van der Waals surface area (Å²) in [5.41, 5.74) is 0.710. The fourth-order valence-corrected chi connectivity index (χ4v) is 5.48. The van der Waals surface area contributed by atoms with Gasteiger partial charge in [0.05, 0.1) is 30.2 Å². The van der Waals surface area contributed by atoms with Crippen molar-refractivity contribution < 1.29 is 27.5 Å². The smallest absolute Gasteiger partial charge is 0.325 e. The summed E-state index contributed by atoms with van der Waals surface area (Å²) < 4.78 is 37.7. The summed E-state index contributed by atoms with van der Waals surface area (Å²) >= 11 is 1.23. The first-order valence-electron chi connectivity index (χ1n) is 9.13. The van der Waals surface area contributed by atoms with Crippen LogP contribution in [0.4, 0.5) is 0 Å². The number of nitrogens with zero attached hydrogens (tertiary/aromatic N) is 3. The number of carbonyl (C=O) groups is 2. The average molecular weight is 442 g/mol. The number of thiazole rings is 1. The van der Waals surface area contributed by atoms with Crippen molar-refractivity contribution in [3.8, 4) is 5.75 Å². The van der Waals surface area contributed by atoms with E-state index >= 15 is 0 Å². The van der Waals surface area contributed by atoms with Gasteiger partial charge in [0.1, 0.15) is 18.3 Å². The molecule has 158 valence electrons. The van der Waals surface area contributed by atoms with Gasteiger partial charge in [0, 0.05) is 6.54 Å². The van der Waals surface area contributed by atoms with Crippen LogP contribution in [0, 0.1) is 0 Å². The number of esters is 1. The Labute approximate surface area is 172 Å². The number of aromatic nitrogens is 1. The molecule has 1 unspecified atom stereocenters. The highest BCUT2D eigenvalue weighted by Gasteiger charge is 2.36. The van der Waals surface area contributed by atoms with Crippen LogP contribution >= 0.6 is 11.3 Å². The van der Waals surface area contributed by atoms with Crippen molar-refractivity contribution in [3.05, 3.63) is 23.0 Å². The van der Waals surface area contributed by atoms with Crippen LogP contribution in [0.5, 0.6) is 5.75 Å². The van der Waals surface area contributed by atoms with E-state index in [9.17, 15) is 18.0 Å². The highest BCUT2D eigenvalue weighted by molar-refractivity contribution is 7.88. The minimum absolute atomic E-state index is 0.114. The molecule has 0 saturated carbocycles. The van der Waals surface area contributed by atoms with Crippen molar-refractivity contribution in [2.24, 2.45) is 4.99 Å². The molecule has 1 aliphatic rings. The van der Waals surface area contributed by atoms with Crippen molar-refractivity contribution in [1.82, 2.24) is 8.87 Å². The molecule has 3 rings (SSSR count). The lowest BCUT2D eigenvalue weighted by Gasteiger charge is -2.18. The first kappa shape index (κ1) is 21.5. The number of benzene rings is 1. The van der Waals surface area contributed by atoms with E-state index in [1.807, 2.05) is 13.0 Å². The van der Waals surface area contributed by atoms with E-state index in [1.54, 1.807) is 16.7 Å². The Morgan fingerprint density at radius 3 is 2.76 bits per heavy atom. The number of ether oxygens (including phenoxy) is 2. The van der Waals surface area contributed by atoms with Crippen LogP contribution in [-0.2, 0) is 30.9 Å². The van der Waals surface area contributed by atoms with Gasteiger partial charge in [-0.1, -0.05) is 11.3 Å². The predicted molar refractivity (Wildman–Crippen MR) is 108 cm³/mol. The fraction of sp³-hybridized carbons (Fsp3) is 0.500. The molecule has 1 aromatic carbocycles. The van der Waals surface area contributed by atoms with Gasteiger partial charge >= 0.3 is 5.97 Å². The van der Waals surface area contributed by atoms with E-state index in [0.717, 1.165) is 11.0 Å². The molecule has 1 aliphatic heterocycles. The van der Waals surface area contributed by atoms with Gasteiger partial charge in [0.2, 0.25) is 10.0 Å². The molecule has 11 heteroatoms. The molecule has 0 spiro atoms. The van der Waals surface area contributed by atoms with Gasteiger partial charge in [-0.25, -0.2) is 8.42 Å². The molecule has 0 N–H and O–H groups in total. The number of sulfonamides is 1. The summed E-state index contributed by atoms with van der Waals surface area (Å²) in [5, 5.41) is 0. The van der Waals surface area contributed by atoms with Crippen LogP contribution in [0.3, 0.4) is 0 Å². The van der Waals surface area contributed by atoms with Gasteiger partial charge in [-0.05, 0) is 38.0 Å². The molecular weight excluding hydrogens is 418 g/mol. The number of rotatable bonds is 6. The minimum Gasteiger partial charge on any atom is -0.494 e. The van der Waals surface area contributed by atoms with Gasteiger partial charge in [0.15, 0.2) is 4.80 Å². The van der Waals surface area contributed by atoms with Crippen LogP contribution < -0.4 is 9.54 Å². The molecule has 1 atom stereocenters. The van der Waals surface area contributed by atoms with Crippen LogP contribution in [0.25, 0.3) is 10.2 Å². The van der Waals surface area contributed by atoms with E-state index in [2.05, 4.69) is 4.99 Å². The van der Waals surface area contributed by atoms with Gasteiger partial charge in [-0.3, -0.25) is 9.59 Å². The zero-order valence-electron chi connectivity index (χ0n) is 16.5. The Kier molecular flexibility index (Phi) is 6.39. The lowest BCUT2D eigenvalue weighted by molar-refractivity contribution is -0.141. The van der Waals surface area contributed by atoms with Crippen molar-refractivity contribution in [3.63, 3.8) is 0 Å². The van der Waals surface area contributed by atoms with Crippen LogP contribution in [-0.4, -0.2) is 61.7 Å². The lowest BCUT2D eigenvalue weighted by Crippen LogP contribution is -2.40. The first-order chi connectivity index (χ1) is 13.7. The summed E-state index contributed by atoms with van der Waals surface area (Å²) in [6.45, 7) is 2.58. The standard InChI is InChI=1S/C18H23N3O6S2/c1-4-27-12-7-8-13-15(10-12)28-18(20(13)11-16(22)26-2)19-17(23)14-6-5-9-21(14)29(3,24)25/h7-8,10,14H,4-6,9,11H2,1-3H3. The fourth-order valence-electron chi connectivity index (χ4n) is 3.29. The quantitative estimate of drug-likeness (QED) is 0.622. The summed E-state index contributed by atoms with van der Waals surface area (Å²) in [5.74, 6) is -0.349. The Morgan fingerprint density at radius 2 is 2.10 bits per heavy atom. The van der Waals surface area contributed by atoms with Crippen LogP contribution in [0.2, 0.25) is 0 Å². The molecule has 1 aromatic heterocycles. The van der Waals surface area contributed by atoms with Gasteiger partial charge < -0.3 is 14.0 Å². The number of carbonyl (C=O) groups excluding carboxylic acids is 2. The summed E-state index contributed by atoms with van der Waals surface area (Å²) in [6, 6.07) is 4.57. The molecule has 0 bridgehead atoms. The second-order valence-electron chi connectivity index (χ2n) is 6.59. The number of amides is 1. The van der Waals surface area contributed by atoms with Gasteiger partial charge in [-0.15, -0.1) is 0 Å². The maximum atomic E-state index is 12.8. The normalized spacial score (nSPS) is 18.3. The second kappa shape index (κ2) is 8.64. The molecule has 0 radical (unpaired) electrons. The van der Waals surface area contributed by atoms with E-state index in [-0.39, 0.29) is 6.54 Å². The van der Waals surface area contributed by atoms with Crippen LogP contribution in [0.1, 0.15) is 19.8 Å². The molecule has 2 aromatic rings. The molecule has 0 aliphatic carbocycles. The molecule has 29 heavy (non-hydrogen) atoms. The Hall–Kier alpha value is -2.24. The number of hydrogen-bond acceptors (Lipinski definition) is 7. The Morgan fingerprint density at radius 1 is 1.34 bits per heavy atom. The number of methoxy groups -OCH3 is 1. The molecule has 1 fully saturated rings. The molecule has 1 amide bonds. The topological polar surface area (TPSA) is 107 Å². The Balaban J connectivity index is 2.07. The van der Waals surface area contributed by atoms with E-state index in [0.29, 0.717) is 42.1 Å². The maximum Gasteiger partial charge on any atom is 0.325 e. The third-order valence-corrected chi connectivity index (χ3v) is 6.93. The molecular formula is C18H23N3O6S2. The zero-order valence-corrected chi connectivity index (χ0v) is 18.1. The number of hydrogen-bond donors (Lipinski definition) is 0. The van der Waals surface area contributed by atoms with Crippen molar-refractivity contribution >= 4 is 43.5 Å². The lowest BCUT2D eigenvalue weighted by atomic mass is 10.2. The highest BCUT2D eigenvalue weighted by atomic mass is 32.2. The van der Waals surface area contributed by atoms with E-state index in [4.69, 9.17) is 9.47 Å². The van der Waals surface area contributed by atoms with E-state index < -0.39 is 27.9 Å². The first-order valence-corrected chi connectivity index (χ1v) is 11.8. The van der Waals surface area contributed by atoms with Gasteiger partial charge in [-0.2, -0.15) is 9.30 Å². The highest BCUT2D eigenvalue weighted by Crippen LogP contribution is 2.24. The third-order valence-electron chi connectivity index (χ3n) is 4.60. The molecule has 1 saturated heterocycles. The van der Waals surface area contributed by atoms with E-state index in [1.165, 1.54) is 22.8 Å². The monoisotopic (exact) mass is 441 g/mol. The minimum atomic E-state index is -3.50. The molecule has 2 heterocycles. The zero-order chi connectivity index (χ0) is 21.2. The average Bonchev–Trinajstić information content (AvgIpc) is 3.27. The third kappa shape index (κ3) is 4.68. The maximum absolute atomic E-state index is 12.8. The largest absolute Gasteiger partial charge is 0.494 e. The summed E-state index contributed by atoms with van der Waals surface area (Å²) in [7, 11) is -2.21. The molecule has 9 nitrogen and oxygen atoms in total. The van der Waals surface area contributed by atoms with Crippen molar-refractivity contribution in [1.29, 1.82) is 0 Å². The second-order valence-corrected chi connectivity index (χ2v) is 9.54. The van der Waals surface area contributed by atoms with Crippen LogP contribution in [0.15, 0.2) is 23.2 Å². The SMILES string of the molecule is CCOc1ccc2c(c1)sc(=NC(=O)C1CCCN1S(C)(=O)=O)n2CC(=O)OC.